The van der Waals surface area contributed by atoms with Crippen LogP contribution in [0.1, 0.15) is 84.6 Å². The van der Waals surface area contributed by atoms with Crippen LogP contribution in [0.2, 0.25) is 0 Å². The van der Waals surface area contributed by atoms with Crippen LogP contribution in [0.15, 0.2) is 82.1 Å². The third kappa shape index (κ3) is 7.07. The first-order chi connectivity index (χ1) is 21.6. The van der Waals surface area contributed by atoms with Gasteiger partial charge in [-0.05, 0) is 92.4 Å². The van der Waals surface area contributed by atoms with Gasteiger partial charge in [0.05, 0.1) is 5.39 Å². The average molecular weight is 591 g/mol. The molecule has 0 bridgehead atoms. The van der Waals surface area contributed by atoms with Gasteiger partial charge in [0, 0.05) is 59.6 Å². The highest BCUT2D eigenvalue weighted by molar-refractivity contribution is 6.08. The number of benzene rings is 3. The van der Waals surface area contributed by atoms with E-state index in [4.69, 9.17) is 8.83 Å². The zero-order valence-electron chi connectivity index (χ0n) is 27.3. The molecule has 0 fully saturated rings. The summed E-state index contributed by atoms with van der Waals surface area (Å²) < 4.78 is 13.0. The van der Waals surface area contributed by atoms with Gasteiger partial charge in [-0.15, -0.1) is 0 Å². The minimum Gasteiger partial charge on any atom is -0.455 e. The largest absolute Gasteiger partial charge is 0.455 e. The molecule has 2 aromatic heterocycles. The van der Waals surface area contributed by atoms with Crippen molar-refractivity contribution in [2.75, 3.05) is 36.0 Å². The van der Waals surface area contributed by atoms with Crippen LogP contribution in [0, 0.1) is 0 Å². The minimum atomic E-state index is 0.817. The van der Waals surface area contributed by atoms with Gasteiger partial charge < -0.3 is 18.6 Å². The third-order valence-corrected chi connectivity index (χ3v) is 8.69. The van der Waals surface area contributed by atoms with Gasteiger partial charge in [0.2, 0.25) is 0 Å². The first-order valence-electron chi connectivity index (χ1n) is 16.9. The number of nitrogens with zero attached hydrogens (tertiary/aromatic N) is 2. The number of fused-ring (bicyclic) bond motifs is 3. The number of unbranched alkanes of at least 4 members (excludes halogenated alkanes) is 4. The van der Waals surface area contributed by atoms with Crippen LogP contribution in [0.4, 0.5) is 11.4 Å². The van der Waals surface area contributed by atoms with Gasteiger partial charge in [-0.1, -0.05) is 66.0 Å². The Bertz CT molecular complexity index is 1610. The topological polar surface area (TPSA) is 32.8 Å². The summed E-state index contributed by atoms with van der Waals surface area (Å²) in [4.78, 5) is 5.03. The summed E-state index contributed by atoms with van der Waals surface area (Å²) in [5.41, 5.74) is 7.36. The molecule has 44 heavy (non-hydrogen) atoms. The average Bonchev–Trinajstić information content (AvgIpc) is 3.70. The number of anilines is 2. The molecule has 0 unspecified atom stereocenters. The summed E-state index contributed by atoms with van der Waals surface area (Å²) in [6, 6.07) is 24.1. The quantitative estimate of drug-likeness (QED) is 0.108. The lowest BCUT2D eigenvalue weighted by atomic mass is 10.1. The molecule has 0 aliphatic rings. The smallest absolute Gasteiger partial charge is 0.145 e. The molecule has 232 valence electrons. The Morgan fingerprint density at radius 2 is 1.00 bits per heavy atom. The molecule has 0 spiro atoms. The molecule has 4 nitrogen and oxygen atoms in total. The second-order valence-electron chi connectivity index (χ2n) is 12.0. The molecule has 5 aromatic rings. The van der Waals surface area contributed by atoms with E-state index in [2.05, 4.69) is 111 Å². The van der Waals surface area contributed by atoms with Crippen molar-refractivity contribution in [1.82, 2.24) is 0 Å². The van der Waals surface area contributed by atoms with E-state index in [0.717, 1.165) is 76.3 Å². The molecular formula is C40H50N2O2. The zero-order chi connectivity index (χ0) is 30.9. The summed E-state index contributed by atoms with van der Waals surface area (Å²) in [5.74, 6) is 1.71. The third-order valence-electron chi connectivity index (χ3n) is 8.69. The van der Waals surface area contributed by atoms with Crippen LogP contribution in [-0.4, -0.2) is 26.2 Å². The molecule has 5 rings (SSSR count). The monoisotopic (exact) mass is 590 g/mol. The fraction of sp³-hybridized carbons (Fsp3) is 0.400. The number of hydrogen-bond acceptors (Lipinski definition) is 4. The molecule has 2 heterocycles. The lowest BCUT2D eigenvalue weighted by molar-refractivity contribution is 0.626. The van der Waals surface area contributed by atoms with E-state index in [-0.39, 0.29) is 0 Å². The van der Waals surface area contributed by atoms with Crippen LogP contribution in [0.3, 0.4) is 0 Å². The Morgan fingerprint density at radius 3 is 1.43 bits per heavy atom. The second kappa shape index (κ2) is 15.2. The molecule has 0 radical (unpaired) electrons. The van der Waals surface area contributed by atoms with E-state index in [0.29, 0.717) is 0 Å². The summed E-state index contributed by atoms with van der Waals surface area (Å²) in [5, 5.41) is 2.04. The van der Waals surface area contributed by atoms with E-state index >= 15 is 0 Å². The van der Waals surface area contributed by atoms with Gasteiger partial charge in [0.15, 0.2) is 0 Å². The Hall–Kier alpha value is -3.92. The van der Waals surface area contributed by atoms with Gasteiger partial charge >= 0.3 is 0 Å². The van der Waals surface area contributed by atoms with Crippen molar-refractivity contribution in [2.45, 2.75) is 79.1 Å². The van der Waals surface area contributed by atoms with Crippen molar-refractivity contribution in [2.24, 2.45) is 0 Å². The summed E-state index contributed by atoms with van der Waals surface area (Å²) in [6.07, 6.45) is 11.5. The van der Waals surface area contributed by atoms with E-state index in [1.54, 1.807) is 0 Å². The molecule has 0 saturated carbocycles. The zero-order valence-corrected chi connectivity index (χ0v) is 27.3. The first-order valence-corrected chi connectivity index (χ1v) is 16.9. The molecule has 0 N–H and O–H groups in total. The Morgan fingerprint density at radius 1 is 0.568 bits per heavy atom. The predicted octanol–water partition coefficient (Wildman–Crippen LogP) is 12.0. The summed E-state index contributed by atoms with van der Waals surface area (Å²) in [7, 11) is 0. The van der Waals surface area contributed by atoms with Gasteiger partial charge in [-0.25, -0.2) is 0 Å². The molecule has 0 aliphatic carbocycles. The van der Waals surface area contributed by atoms with Crippen molar-refractivity contribution >= 4 is 39.4 Å². The molecule has 0 amide bonds. The van der Waals surface area contributed by atoms with Crippen molar-refractivity contribution in [1.29, 1.82) is 0 Å². The van der Waals surface area contributed by atoms with Crippen LogP contribution < -0.4 is 9.80 Å². The summed E-state index contributed by atoms with van der Waals surface area (Å²) in [6.45, 7) is 17.5. The highest BCUT2D eigenvalue weighted by Gasteiger charge is 2.18. The van der Waals surface area contributed by atoms with Crippen LogP contribution in [-0.2, 0) is 0 Å². The number of rotatable bonds is 17. The first kappa shape index (κ1) is 31.5. The Kier molecular flexibility index (Phi) is 10.9. The normalized spacial score (nSPS) is 11.5. The maximum absolute atomic E-state index is 6.56. The van der Waals surface area contributed by atoms with Crippen LogP contribution in [0.25, 0.3) is 50.7 Å². The molecular weight excluding hydrogens is 540 g/mol. The van der Waals surface area contributed by atoms with Crippen molar-refractivity contribution < 1.29 is 8.83 Å². The lowest BCUT2D eigenvalue weighted by Gasteiger charge is -2.24. The second-order valence-corrected chi connectivity index (χ2v) is 12.0. The maximum Gasteiger partial charge on any atom is 0.145 e. The lowest BCUT2D eigenvalue weighted by Crippen LogP contribution is -2.25. The van der Waals surface area contributed by atoms with E-state index in [9.17, 15) is 0 Å². The predicted molar refractivity (Wildman–Crippen MR) is 191 cm³/mol. The number of furan rings is 2. The molecule has 0 saturated heterocycles. The fourth-order valence-electron chi connectivity index (χ4n) is 5.98. The number of hydrogen-bond donors (Lipinski definition) is 0. The Balaban J connectivity index is 1.44. The van der Waals surface area contributed by atoms with Crippen molar-refractivity contribution in [3.63, 3.8) is 0 Å². The van der Waals surface area contributed by atoms with Crippen molar-refractivity contribution in [3.05, 3.63) is 78.9 Å². The van der Waals surface area contributed by atoms with E-state index in [1.807, 2.05) is 6.08 Å². The minimum absolute atomic E-state index is 0.817. The fourth-order valence-corrected chi connectivity index (χ4v) is 5.98. The van der Waals surface area contributed by atoms with Crippen LogP contribution in [0.5, 0.6) is 0 Å². The van der Waals surface area contributed by atoms with Crippen molar-refractivity contribution in [3.8, 4) is 22.6 Å². The van der Waals surface area contributed by atoms with Gasteiger partial charge in [0.1, 0.15) is 22.7 Å². The SMILES string of the molecule is C=Cc1cc2cc(-c3ccc(N(CCCC)CCCC)cc3)oc2c2cc(-c3ccc(N(CCCC)CCCC)cc3)oc12. The maximum atomic E-state index is 6.56. The Labute approximate surface area is 264 Å². The van der Waals surface area contributed by atoms with Gasteiger partial charge in [-0.3, -0.25) is 0 Å². The summed E-state index contributed by atoms with van der Waals surface area (Å²) >= 11 is 0. The van der Waals surface area contributed by atoms with Gasteiger partial charge in [0.25, 0.3) is 0 Å². The highest BCUT2D eigenvalue weighted by Crippen LogP contribution is 2.39. The van der Waals surface area contributed by atoms with E-state index < -0.39 is 0 Å². The molecule has 4 heteroatoms. The van der Waals surface area contributed by atoms with Gasteiger partial charge in [-0.2, -0.15) is 0 Å². The highest BCUT2D eigenvalue weighted by atomic mass is 16.3. The standard InChI is InChI=1S/C40H50N2O2/c1-6-11-23-41(24-12-7-2)34-19-15-31(16-20-34)37-28-33-27-30(10-5)39-36(40(33)43-37)29-38(44-39)32-17-21-35(22-18-32)42(25-13-8-3)26-14-9-4/h10,15-22,27-29H,5-9,11-14,23-26H2,1-4H3. The molecule has 3 aromatic carbocycles. The van der Waals surface area contributed by atoms with E-state index in [1.165, 1.54) is 62.7 Å². The molecule has 0 atom stereocenters. The van der Waals surface area contributed by atoms with Crippen LogP contribution >= 0.6 is 0 Å². The molecule has 0 aliphatic heterocycles.